The van der Waals surface area contributed by atoms with E-state index in [4.69, 9.17) is 10.5 Å². The SMILES string of the molecule is CCOC(=O)c1cnc(CCOCC(F)(F)F)nc1N. The summed E-state index contributed by atoms with van der Waals surface area (Å²) in [5.74, 6) is -0.535. The molecule has 0 spiro atoms. The number of anilines is 1. The number of aromatic nitrogens is 2. The molecule has 0 aromatic carbocycles. The van der Waals surface area contributed by atoms with Crippen LogP contribution in [0.1, 0.15) is 23.1 Å². The third-order valence-electron chi connectivity index (χ3n) is 2.10. The molecule has 1 aromatic heterocycles. The summed E-state index contributed by atoms with van der Waals surface area (Å²) in [6, 6.07) is 0. The maximum absolute atomic E-state index is 11.8. The number of esters is 1. The van der Waals surface area contributed by atoms with E-state index in [-0.39, 0.29) is 36.8 Å². The Kier molecular flexibility index (Phi) is 5.68. The Hall–Kier alpha value is -1.90. The third-order valence-corrected chi connectivity index (χ3v) is 2.10. The first-order valence-electron chi connectivity index (χ1n) is 5.76. The largest absolute Gasteiger partial charge is 0.462 e. The van der Waals surface area contributed by atoms with Gasteiger partial charge in [0.1, 0.15) is 23.8 Å². The van der Waals surface area contributed by atoms with Gasteiger partial charge in [0.2, 0.25) is 0 Å². The summed E-state index contributed by atoms with van der Waals surface area (Å²) in [5, 5.41) is 0. The van der Waals surface area contributed by atoms with Crippen LogP contribution >= 0.6 is 0 Å². The zero-order valence-corrected chi connectivity index (χ0v) is 10.7. The summed E-state index contributed by atoms with van der Waals surface area (Å²) in [7, 11) is 0. The van der Waals surface area contributed by atoms with Crippen molar-refractivity contribution in [1.29, 1.82) is 0 Å². The fourth-order valence-corrected chi connectivity index (χ4v) is 1.27. The number of hydrogen-bond acceptors (Lipinski definition) is 6. The van der Waals surface area contributed by atoms with Crippen LogP contribution in [-0.2, 0) is 15.9 Å². The summed E-state index contributed by atoms with van der Waals surface area (Å²) in [5.41, 5.74) is 5.57. The van der Waals surface area contributed by atoms with Crippen LogP contribution < -0.4 is 5.73 Å². The number of nitrogens with two attached hydrogens (primary N) is 1. The Labute approximate surface area is 113 Å². The highest BCUT2D eigenvalue weighted by molar-refractivity contribution is 5.93. The van der Waals surface area contributed by atoms with Gasteiger partial charge >= 0.3 is 12.1 Å². The molecule has 0 unspecified atom stereocenters. The molecule has 0 aliphatic heterocycles. The van der Waals surface area contributed by atoms with E-state index in [2.05, 4.69) is 14.7 Å². The van der Waals surface area contributed by atoms with Crippen molar-refractivity contribution in [3.63, 3.8) is 0 Å². The van der Waals surface area contributed by atoms with Crippen LogP contribution in [0.3, 0.4) is 0 Å². The highest BCUT2D eigenvalue weighted by Crippen LogP contribution is 2.14. The first kappa shape index (κ1) is 16.2. The molecule has 9 heteroatoms. The molecule has 0 aliphatic carbocycles. The lowest BCUT2D eigenvalue weighted by Gasteiger charge is -2.08. The van der Waals surface area contributed by atoms with Crippen molar-refractivity contribution < 1.29 is 27.4 Å². The molecule has 0 saturated carbocycles. The Balaban J connectivity index is 2.53. The molecule has 0 bridgehead atoms. The smallest absolute Gasteiger partial charge is 0.411 e. The summed E-state index contributed by atoms with van der Waals surface area (Å²) in [6.45, 7) is 0.299. The fourth-order valence-electron chi connectivity index (χ4n) is 1.27. The van der Waals surface area contributed by atoms with Crippen LogP contribution in [0.5, 0.6) is 0 Å². The monoisotopic (exact) mass is 293 g/mol. The molecule has 112 valence electrons. The van der Waals surface area contributed by atoms with Gasteiger partial charge in [0.15, 0.2) is 0 Å². The van der Waals surface area contributed by atoms with E-state index < -0.39 is 18.8 Å². The topological polar surface area (TPSA) is 87.3 Å². The number of ether oxygens (including phenoxy) is 2. The molecule has 1 heterocycles. The van der Waals surface area contributed by atoms with Crippen LogP contribution in [0.15, 0.2) is 6.20 Å². The molecule has 0 aliphatic rings. The molecule has 1 rings (SSSR count). The number of rotatable bonds is 6. The number of alkyl halides is 3. The van der Waals surface area contributed by atoms with Gasteiger partial charge in [-0.2, -0.15) is 13.2 Å². The zero-order chi connectivity index (χ0) is 15.2. The molecule has 0 amide bonds. The minimum Gasteiger partial charge on any atom is -0.462 e. The van der Waals surface area contributed by atoms with E-state index in [9.17, 15) is 18.0 Å². The Morgan fingerprint density at radius 2 is 2.15 bits per heavy atom. The van der Waals surface area contributed by atoms with Gasteiger partial charge in [-0.25, -0.2) is 14.8 Å². The molecule has 2 N–H and O–H groups in total. The second-order valence-electron chi connectivity index (χ2n) is 3.72. The minimum absolute atomic E-state index is 0.0202. The first-order valence-corrected chi connectivity index (χ1v) is 5.76. The number of halogens is 3. The molecule has 0 fully saturated rings. The highest BCUT2D eigenvalue weighted by Gasteiger charge is 2.27. The van der Waals surface area contributed by atoms with Crippen molar-refractivity contribution in [3.05, 3.63) is 17.6 Å². The van der Waals surface area contributed by atoms with Crippen molar-refractivity contribution in [1.82, 2.24) is 9.97 Å². The van der Waals surface area contributed by atoms with Crippen molar-refractivity contribution >= 4 is 11.8 Å². The summed E-state index contributed by atoms with van der Waals surface area (Å²) in [6.07, 6.45) is -3.13. The van der Waals surface area contributed by atoms with Crippen molar-refractivity contribution in [2.75, 3.05) is 25.6 Å². The molecular weight excluding hydrogens is 279 g/mol. The predicted octanol–water partition coefficient (Wildman–Crippen LogP) is 1.36. The molecule has 6 nitrogen and oxygen atoms in total. The van der Waals surface area contributed by atoms with Crippen LogP contribution in [-0.4, -0.2) is 41.9 Å². The molecule has 0 saturated heterocycles. The van der Waals surface area contributed by atoms with Crippen molar-refractivity contribution in [3.8, 4) is 0 Å². The zero-order valence-electron chi connectivity index (χ0n) is 10.7. The third kappa shape index (κ3) is 5.39. The standard InChI is InChI=1S/C11H14F3N3O3/c1-2-20-10(18)7-5-16-8(17-9(7)15)3-4-19-6-11(12,13)14/h5H,2-4,6H2,1H3,(H2,15,16,17). The van der Waals surface area contributed by atoms with Crippen LogP contribution in [0.2, 0.25) is 0 Å². The maximum atomic E-state index is 11.8. The minimum atomic E-state index is -4.37. The Bertz CT molecular complexity index is 466. The average Bonchev–Trinajstić information content (AvgIpc) is 2.34. The number of hydrogen-bond donors (Lipinski definition) is 1. The first-order chi connectivity index (χ1) is 9.33. The van der Waals surface area contributed by atoms with E-state index in [1.807, 2.05) is 0 Å². The normalized spacial score (nSPS) is 11.4. The lowest BCUT2D eigenvalue weighted by atomic mass is 10.3. The van der Waals surface area contributed by atoms with Crippen molar-refractivity contribution in [2.24, 2.45) is 0 Å². The predicted molar refractivity (Wildman–Crippen MR) is 63.0 cm³/mol. The van der Waals surface area contributed by atoms with Gasteiger partial charge in [-0.05, 0) is 6.92 Å². The maximum Gasteiger partial charge on any atom is 0.411 e. The van der Waals surface area contributed by atoms with Crippen LogP contribution in [0, 0.1) is 0 Å². The van der Waals surface area contributed by atoms with E-state index in [0.29, 0.717) is 0 Å². The Morgan fingerprint density at radius 1 is 1.45 bits per heavy atom. The highest BCUT2D eigenvalue weighted by atomic mass is 19.4. The quantitative estimate of drug-likeness (QED) is 0.629. The molecular formula is C11H14F3N3O3. The van der Waals surface area contributed by atoms with Gasteiger partial charge in [-0.15, -0.1) is 0 Å². The van der Waals surface area contributed by atoms with Gasteiger partial charge in [-0.1, -0.05) is 0 Å². The lowest BCUT2D eigenvalue weighted by Crippen LogP contribution is -2.18. The summed E-state index contributed by atoms with van der Waals surface area (Å²) >= 11 is 0. The van der Waals surface area contributed by atoms with E-state index >= 15 is 0 Å². The average molecular weight is 293 g/mol. The second kappa shape index (κ2) is 7.04. The van der Waals surface area contributed by atoms with Crippen LogP contribution in [0.4, 0.5) is 19.0 Å². The van der Waals surface area contributed by atoms with Gasteiger partial charge in [0.05, 0.1) is 13.2 Å². The van der Waals surface area contributed by atoms with E-state index in [1.54, 1.807) is 6.92 Å². The van der Waals surface area contributed by atoms with Gasteiger partial charge in [-0.3, -0.25) is 0 Å². The van der Waals surface area contributed by atoms with Crippen LogP contribution in [0.25, 0.3) is 0 Å². The van der Waals surface area contributed by atoms with Crippen molar-refractivity contribution in [2.45, 2.75) is 19.5 Å². The fraction of sp³-hybridized carbons (Fsp3) is 0.545. The van der Waals surface area contributed by atoms with Gasteiger partial charge in [0, 0.05) is 12.6 Å². The van der Waals surface area contributed by atoms with E-state index in [1.165, 1.54) is 6.20 Å². The number of carbonyl (C=O) groups excluding carboxylic acids is 1. The molecule has 0 radical (unpaired) electrons. The number of nitrogen functional groups attached to an aromatic ring is 1. The number of nitrogens with zero attached hydrogens (tertiary/aromatic N) is 2. The van der Waals surface area contributed by atoms with Gasteiger partial charge < -0.3 is 15.2 Å². The lowest BCUT2D eigenvalue weighted by molar-refractivity contribution is -0.173. The molecule has 20 heavy (non-hydrogen) atoms. The Morgan fingerprint density at radius 3 is 2.70 bits per heavy atom. The molecule has 0 atom stereocenters. The summed E-state index contributed by atoms with van der Waals surface area (Å²) in [4.78, 5) is 19.1. The van der Waals surface area contributed by atoms with Gasteiger partial charge in [0.25, 0.3) is 0 Å². The number of carbonyl (C=O) groups is 1. The molecule has 1 aromatic rings. The van der Waals surface area contributed by atoms with E-state index in [0.717, 1.165) is 0 Å². The second-order valence-corrected chi connectivity index (χ2v) is 3.72. The summed E-state index contributed by atoms with van der Waals surface area (Å²) < 4.78 is 44.7.